The molecule has 0 spiro atoms. The van der Waals surface area contributed by atoms with E-state index >= 15 is 0 Å². The summed E-state index contributed by atoms with van der Waals surface area (Å²) in [5, 5.41) is 0. The van der Waals surface area contributed by atoms with Gasteiger partial charge in [0.1, 0.15) is 0 Å². The Bertz CT molecular complexity index is 735. The second-order valence-electron chi connectivity index (χ2n) is 5.39. The molecule has 0 bridgehead atoms. The third kappa shape index (κ3) is 5.03. The van der Waals surface area contributed by atoms with Crippen molar-refractivity contribution in [1.29, 1.82) is 0 Å². The molecule has 5 nitrogen and oxygen atoms in total. The number of carbonyl (C=O) groups excluding carboxylic acids is 3. The molecule has 2 aromatic rings. The van der Waals surface area contributed by atoms with Crippen LogP contribution < -0.4 is 10.9 Å². The Morgan fingerprint density at radius 1 is 0.958 bits per heavy atom. The predicted molar refractivity (Wildman–Crippen MR) is 94.0 cm³/mol. The van der Waals surface area contributed by atoms with Gasteiger partial charge in [0.2, 0.25) is 5.91 Å². The quantitative estimate of drug-likeness (QED) is 0.625. The number of hydrogen-bond donors (Lipinski definition) is 2. The van der Waals surface area contributed by atoms with E-state index < -0.39 is 5.91 Å². The Labute approximate surface area is 145 Å². The molecule has 1 aromatic carbocycles. The molecule has 6 heteroatoms. The van der Waals surface area contributed by atoms with Crippen molar-refractivity contribution in [2.45, 2.75) is 33.1 Å². The fourth-order valence-corrected chi connectivity index (χ4v) is 2.92. The summed E-state index contributed by atoms with van der Waals surface area (Å²) in [5.74, 6) is -0.842. The van der Waals surface area contributed by atoms with E-state index in [2.05, 4.69) is 10.9 Å². The van der Waals surface area contributed by atoms with Crippen LogP contribution in [0.1, 0.15) is 50.2 Å². The molecular formula is C18H20N2O3S. The number of hydrogen-bond acceptors (Lipinski definition) is 4. The lowest BCUT2D eigenvalue weighted by atomic mass is 10.1. The van der Waals surface area contributed by atoms with E-state index in [-0.39, 0.29) is 24.5 Å². The van der Waals surface area contributed by atoms with Gasteiger partial charge in [-0.2, -0.15) is 0 Å². The molecule has 24 heavy (non-hydrogen) atoms. The first-order chi connectivity index (χ1) is 11.5. The maximum atomic E-state index is 11.9. The average molecular weight is 344 g/mol. The van der Waals surface area contributed by atoms with E-state index in [1.54, 1.807) is 18.2 Å². The van der Waals surface area contributed by atoms with Crippen molar-refractivity contribution in [3.63, 3.8) is 0 Å². The van der Waals surface area contributed by atoms with Gasteiger partial charge in [0.25, 0.3) is 5.91 Å². The third-order valence-electron chi connectivity index (χ3n) is 3.53. The van der Waals surface area contributed by atoms with E-state index in [1.807, 2.05) is 32.0 Å². The van der Waals surface area contributed by atoms with Crippen molar-refractivity contribution >= 4 is 28.9 Å². The van der Waals surface area contributed by atoms with Crippen LogP contribution in [0.4, 0.5) is 0 Å². The van der Waals surface area contributed by atoms with Crippen molar-refractivity contribution in [3.8, 4) is 0 Å². The second kappa shape index (κ2) is 8.40. The van der Waals surface area contributed by atoms with Crippen LogP contribution in [-0.4, -0.2) is 17.6 Å². The lowest BCUT2D eigenvalue weighted by Crippen LogP contribution is -2.41. The van der Waals surface area contributed by atoms with Gasteiger partial charge in [-0.1, -0.05) is 19.1 Å². The first-order valence-corrected chi connectivity index (χ1v) is 8.59. The van der Waals surface area contributed by atoms with Gasteiger partial charge in [0.05, 0.1) is 4.88 Å². The number of amides is 2. The highest BCUT2D eigenvalue weighted by Crippen LogP contribution is 2.17. The summed E-state index contributed by atoms with van der Waals surface area (Å²) in [6.45, 7) is 3.96. The number of ketones is 1. The van der Waals surface area contributed by atoms with Crippen LogP contribution in [0.5, 0.6) is 0 Å². The molecule has 0 aliphatic carbocycles. The van der Waals surface area contributed by atoms with Gasteiger partial charge in [-0.05, 0) is 43.2 Å². The Morgan fingerprint density at radius 3 is 2.25 bits per heavy atom. The molecule has 1 aromatic heterocycles. The van der Waals surface area contributed by atoms with Crippen LogP contribution in [0.2, 0.25) is 0 Å². The van der Waals surface area contributed by atoms with Crippen molar-refractivity contribution in [3.05, 3.63) is 57.3 Å². The first kappa shape index (κ1) is 17.9. The van der Waals surface area contributed by atoms with Crippen molar-refractivity contribution in [2.75, 3.05) is 0 Å². The third-order valence-corrected chi connectivity index (χ3v) is 4.58. The van der Waals surface area contributed by atoms with E-state index in [0.29, 0.717) is 10.4 Å². The fraction of sp³-hybridized carbons (Fsp3) is 0.278. The summed E-state index contributed by atoms with van der Waals surface area (Å²) < 4.78 is 0. The number of carbonyl (C=O) groups is 3. The molecular weight excluding hydrogens is 324 g/mol. The summed E-state index contributed by atoms with van der Waals surface area (Å²) in [7, 11) is 0. The standard InChI is InChI=1S/C18H20N2O3S/c1-3-13-5-7-14(8-6-13)18(23)20-19-17(22)11-9-15(21)16-10-4-12(2)24-16/h4-8,10H,3,9,11H2,1-2H3,(H,19,22)(H,20,23). The van der Waals surface area contributed by atoms with Gasteiger partial charge < -0.3 is 0 Å². The molecule has 2 rings (SSSR count). The molecule has 0 aliphatic rings. The zero-order valence-electron chi connectivity index (χ0n) is 13.7. The van der Waals surface area contributed by atoms with Gasteiger partial charge in [-0.3, -0.25) is 25.2 Å². The summed E-state index contributed by atoms with van der Waals surface area (Å²) in [4.78, 5) is 37.3. The smallest absolute Gasteiger partial charge is 0.269 e. The molecule has 0 saturated carbocycles. The van der Waals surface area contributed by atoms with E-state index in [0.717, 1.165) is 16.9 Å². The van der Waals surface area contributed by atoms with Crippen molar-refractivity contribution in [2.24, 2.45) is 0 Å². The number of rotatable bonds is 6. The molecule has 2 amide bonds. The fourth-order valence-electron chi connectivity index (χ4n) is 2.09. The Hall–Kier alpha value is -2.47. The van der Waals surface area contributed by atoms with E-state index in [4.69, 9.17) is 0 Å². The minimum absolute atomic E-state index is 0.0326. The van der Waals surface area contributed by atoms with Gasteiger partial charge >= 0.3 is 0 Å². The summed E-state index contributed by atoms with van der Waals surface area (Å²) in [6.07, 6.45) is 1.05. The van der Waals surface area contributed by atoms with Gasteiger partial charge in [0.15, 0.2) is 5.78 Å². The van der Waals surface area contributed by atoms with Crippen LogP contribution in [0.25, 0.3) is 0 Å². The maximum Gasteiger partial charge on any atom is 0.269 e. The highest BCUT2D eigenvalue weighted by atomic mass is 32.1. The van der Waals surface area contributed by atoms with E-state index in [1.165, 1.54) is 11.3 Å². The number of thiophene rings is 1. The zero-order chi connectivity index (χ0) is 17.5. The highest BCUT2D eigenvalue weighted by molar-refractivity contribution is 7.14. The zero-order valence-corrected chi connectivity index (χ0v) is 14.5. The van der Waals surface area contributed by atoms with Gasteiger partial charge in [-0.15, -0.1) is 11.3 Å². The number of aryl methyl sites for hydroxylation is 2. The topological polar surface area (TPSA) is 75.3 Å². The summed E-state index contributed by atoms with van der Waals surface area (Å²) in [6, 6.07) is 10.8. The molecule has 126 valence electrons. The van der Waals surface area contributed by atoms with Crippen LogP contribution in [-0.2, 0) is 11.2 Å². The van der Waals surface area contributed by atoms with Gasteiger partial charge in [0, 0.05) is 23.3 Å². The van der Waals surface area contributed by atoms with E-state index in [9.17, 15) is 14.4 Å². The Morgan fingerprint density at radius 2 is 1.67 bits per heavy atom. The number of benzene rings is 1. The molecule has 0 radical (unpaired) electrons. The minimum atomic E-state index is -0.393. The first-order valence-electron chi connectivity index (χ1n) is 7.77. The minimum Gasteiger partial charge on any atom is -0.293 e. The van der Waals surface area contributed by atoms with Crippen molar-refractivity contribution < 1.29 is 14.4 Å². The molecule has 0 unspecified atom stereocenters. The molecule has 0 aliphatic heterocycles. The maximum absolute atomic E-state index is 11.9. The van der Waals surface area contributed by atoms with Crippen molar-refractivity contribution in [1.82, 2.24) is 10.9 Å². The normalized spacial score (nSPS) is 10.2. The highest BCUT2D eigenvalue weighted by Gasteiger charge is 2.12. The predicted octanol–water partition coefficient (Wildman–Crippen LogP) is 3.04. The van der Waals surface area contributed by atoms with Gasteiger partial charge in [-0.25, -0.2) is 0 Å². The Balaban J connectivity index is 1.76. The largest absolute Gasteiger partial charge is 0.293 e. The Kier molecular flexibility index (Phi) is 6.26. The summed E-state index contributed by atoms with van der Waals surface area (Å²) in [5.41, 5.74) is 6.30. The lowest BCUT2D eigenvalue weighted by Gasteiger charge is -2.07. The van der Waals surface area contributed by atoms with Crippen LogP contribution in [0, 0.1) is 6.92 Å². The number of Topliss-reactive ketones (excluding diaryl/α,β-unsaturated/α-hetero) is 1. The molecule has 1 heterocycles. The molecule has 0 fully saturated rings. The lowest BCUT2D eigenvalue weighted by molar-refractivity contribution is -0.121. The molecule has 0 atom stereocenters. The SMILES string of the molecule is CCc1ccc(C(=O)NNC(=O)CCC(=O)c2ccc(C)s2)cc1. The molecule has 2 N–H and O–H groups in total. The van der Waals surface area contributed by atoms with Crippen LogP contribution >= 0.6 is 11.3 Å². The summed E-state index contributed by atoms with van der Waals surface area (Å²) >= 11 is 1.41. The number of nitrogens with one attached hydrogen (secondary N) is 2. The average Bonchev–Trinajstić information content (AvgIpc) is 3.04. The monoisotopic (exact) mass is 344 g/mol. The van der Waals surface area contributed by atoms with Crippen LogP contribution in [0.3, 0.4) is 0 Å². The number of hydrazine groups is 1. The second-order valence-corrected chi connectivity index (χ2v) is 6.67. The van der Waals surface area contributed by atoms with Crippen LogP contribution in [0.15, 0.2) is 36.4 Å². The molecule has 0 saturated heterocycles.